The number of hydrogen-bond acceptors (Lipinski definition) is 4. The number of nitrogens with two attached hydrogens (primary N) is 1. The van der Waals surface area contributed by atoms with E-state index in [2.05, 4.69) is 6.58 Å². The number of phenolic OH excluding ortho intramolecular Hbond substituents is 1. The second-order valence-electron chi connectivity index (χ2n) is 3.74. The van der Waals surface area contributed by atoms with Crippen LogP contribution in [0.1, 0.15) is 24.4 Å². The third-order valence-electron chi connectivity index (χ3n) is 2.58. The number of hydrogen-bond donors (Lipinski definition) is 2. The van der Waals surface area contributed by atoms with Gasteiger partial charge >= 0.3 is 0 Å². The van der Waals surface area contributed by atoms with Crippen LogP contribution in [0.5, 0.6) is 17.2 Å². The molecule has 1 rings (SSSR count). The third kappa shape index (κ3) is 3.14. The molecule has 0 fully saturated rings. The molecule has 4 heteroatoms. The van der Waals surface area contributed by atoms with Crippen LogP contribution in [0.4, 0.5) is 0 Å². The van der Waals surface area contributed by atoms with E-state index in [-0.39, 0.29) is 11.8 Å². The normalized spacial score (nSPS) is 11.9. The Balaban J connectivity index is 3.13. The number of rotatable bonds is 6. The highest BCUT2D eigenvalue weighted by atomic mass is 16.5. The largest absolute Gasteiger partial charge is 0.508 e. The Hall–Kier alpha value is -1.68. The lowest BCUT2D eigenvalue weighted by molar-refractivity contribution is 0.369. The van der Waals surface area contributed by atoms with Gasteiger partial charge in [-0.25, -0.2) is 0 Å². The molecule has 4 nitrogen and oxygen atoms in total. The summed E-state index contributed by atoms with van der Waals surface area (Å²) < 4.78 is 10.4. The van der Waals surface area contributed by atoms with Crippen LogP contribution >= 0.6 is 0 Å². The minimum Gasteiger partial charge on any atom is -0.508 e. The lowest BCUT2D eigenvalue weighted by Gasteiger charge is -2.18. The lowest BCUT2D eigenvalue weighted by Crippen LogP contribution is -2.12. The highest BCUT2D eigenvalue weighted by Gasteiger charge is 2.18. The van der Waals surface area contributed by atoms with Gasteiger partial charge in [0.05, 0.1) is 19.8 Å². The van der Waals surface area contributed by atoms with Crippen LogP contribution in [0, 0.1) is 0 Å². The summed E-state index contributed by atoms with van der Waals surface area (Å²) >= 11 is 0. The molecule has 17 heavy (non-hydrogen) atoms. The standard InChI is InChI=1S/C13H19NO3/c1-4-5-6-10(14)13-11(16-2)7-9(15)8-12(13)17-3/h4,7-8,10,15H,1,5-6,14H2,2-3H3/t10-/m0/s1. The first-order valence-corrected chi connectivity index (χ1v) is 5.45. The fraction of sp³-hybridized carbons (Fsp3) is 0.385. The van der Waals surface area contributed by atoms with Crippen molar-refractivity contribution >= 4 is 0 Å². The predicted octanol–water partition coefficient (Wildman–Crippen LogP) is 2.38. The molecule has 0 aromatic heterocycles. The fourth-order valence-corrected chi connectivity index (χ4v) is 1.73. The van der Waals surface area contributed by atoms with Gasteiger partial charge in [-0.05, 0) is 12.8 Å². The Morgan fingerprint density at radius 1 is 1.35 bits per heavy atom. The van der Waals surface area contributed by atoms with Crippen molar-refractivity contribution in [1.82, 2.24) is 0 Å². The zero-order valence-electron chi connectivity index (χ0n) is 10.3. The van der Waals surface area contributed by atoms with Crippen molar-refractivity contribution in [3.8, 4) is 17.2 Å². The van der Waals surface area contributed by atoms with E-state index >= 15 is 0 Å². The molecule has 1 atom stereocenters. The van der Waals surface area contributed by atoms with Crippen molar-refractivity contribution in [1.29, 1.82) is 0 Å². The summed E-state index contributed by atoms with van der Waals surface area (Å²) in [5, 5.41) is 9.52. The summed E-state index contributed by atoms with van der Waals surface area (Å²) in [6.45, 7) is 3.67. The molecule has 0 unspecified atom stereocenters. The molecule has 1 aromatic rings. The van der Waals surface area contributed by atoms with Crippen molar-refractivity contribution in [3.63, 3.8) is 0 Å². The van der Waals surface area contributed by atoms with E-state index in [9.17, 15) is 5.11 Å². The molecule has 0 bridgehead atoms. The molecule has 0 saturated carbocycles. The number of allylic oxidation sites excluding steroid dienone is 1. The first kappa shape index (κ1) is 13.4. The third-order valence-corrected chi connectivity index (χ3v) is 2.58. The smallest absolute Gasteiger partial charge is 0.131 e. The predicted molar refractivity (Wildman–Crippen MR) is 67.6 cm³/mol. The van der Waals surface area contributed by atoms with Gasteiger partial charge in [-0.1, -0.05) is 6.08 Å². The summed E-state index contributed by atoms with van der Waals surface area (Å²) in [7, 11) is 3.08. The van der Waals surface area contributed by atoms with Crippen LogP contribution < -0.4 is 15.2 Å². The number of benzene rings is 1. The van der Waals surface area contributed by atoms with E-state index in [0.29, 0.717) is 11.5 Å². The van der Waals surface area contributed by atoms with Crippen molar-refractivity contribution in [2.24, 2.45) is 5.73 Å². The van der Waals surface area contributed by atoms with Crippen molar-refractivity contribution < 1.29 is 14.6 Å². The van der Waals surface area contributed by atoms with Crippen LogP contribution in [0.15, 0.2) is 24.8 Å². The molecule has 0 saturated heterocycles. The summed E-state index contributed by atoms with van der Waals surface area (Å²) in [6, 6.07) is 2.86. The SMILES string of the molecule is C=CCC[C@H](N)c1c(OC)cc(O)cc1OC. The van der Waals surface area contributed by atoms with Crippen LogP contribution in [-0.4, -0.2) is 19.3 Å². The van der Waals surface area contributed by atoms with Crippen molar-refractivity contribution in [2.45, 2.75) is 18.9 Å². The summed E-state index contributed by atoms with van der Waals surface area (Å²) in [5.41, 5.74) is 6.87. The zero-order valence-corrected chi connectivity index (χ0v) is 10.3. The molecule has 0 aliphatic rings. The number of aromatic hydroxyl groups is 1. The fourth-order valence-electron chi connectivity index (χ4n) is 1.73. The van der Waals surface area contributed by atoms with E-state index < -0.39 is 0 Å². The van der Waals surface area contributed by atoms with Crippen LogP contribution in [0.25, 0.3) is 0 Å². The maximum atomic E-state index is 9.52. The molecule has 0 amide bonds. The summed E-state index contributed by atoms with van der Waals surface area (Å²) in [6.07, 6.45) is 3.38. The van der Waals surface area contributed by atoms with Gasteiger partial charge in [0.25, 0.3) is 0 Å². The van der Waals surface area contributed by atoms with Crippen LogP contribution in [-0.2, 0) is 0 Å². The van der Waals surface area contributed by atoms with Crippen LogP contribution in [0.3, 0.4) is 0 Å². The monoisotopic (exact) mass is 237 g/mol. The maximum absolute atomic E-state index is 9.52. The Kier molecular flexibility index (Phi) is 4.84. The molecule has 3 N–H and O–H groups in total. The molecule has 0 heterocycles. The number of ether oxygens (including phenoxy) is 2. The number of methoxy groups -OCH3 is 2. The van der Waals surface area contributed by atoms with Gasteiger partial charge < -0.3 is 20.3 Å². The highest BCUT2D eigenvalue weighted by Crippen LogP contribution is 2.38. The average molecular weight is 237 g/mol. The zero-order chi connectivity index (χ0) is 12.8. The molecule has 1 aromatic carbocycles. The Morgan fingerprint density at radius 3 is 2.29 bits per heavy atom. The van der Waals surface area contributed by atoms with E-state index in [0.717, 1.165) is 18.4 Å². The average Bonchev–Trinajstić information content (AvgIpc) is 2.34. The first-order valence-electron chi connectivity index (χ1n) is 5.45. The second-order valence-corrected chi connectivity index (χ2v) is 3.74. The minimum atomic E-state index is -0.210. The molecular formula is C13H19NO3. The Labute approximate surface area is 102 Å². The second kappa shape index (κ2) is 6.15. The molecular weight excluding hydrogens is 218 g/mol. The summed E-state index contributed by atoms with van der Waals surface area (Å²) in [4.78, 5) is 0. The van der Waals surface area contributed by atoms with Gasteiger partial charge in [0, 0.05) is 18.2 Å². The van der Waals surface area contributed by atoms with E-state index in [4.69, 9.17) is 15.2 Å². The molecule has 0 aliphatic heterocycles. The number of phenols is 1. The van der Waals surface area contributed by atoms with Crippen molar-refractivity contribution in [3.05, 3.63) is 30.4 Å². The maximum Gasteiger partial charge on any atom is 0.131 e. The lowest BCUT2D eigenvalue weighted by atomic mass is 10.0. The quantitative estimate of drug-likeness (QED) is 0.745. The molecule has 0 radical (unpaired) electrons. The van der Waals surface area contributed by atoms with Gasteiger partial charge in [0.2, 0.25) is 0 Å². The molecule has 0 spiro atoms. The van der Waals surface area contributed by atoms with Gasteiger partial charge in [-0.2, -0.15) is 0 Å². The van der Waals surface area contributed by atoms with Gasteiger partial charge in [0.15, 0.2) is 0 Å². The Morgan fingerprint density at radius 2 is 1.88 bits per heavy atom. The Bertz CT molecular complexity index is 365. The summed E-state index contributed by atoms with van der Waals surface area (Å²) in [5.74, 6) is 1.18. The first-order chi connectivity index (χ1) is 8.13. The van der Waals surface area contributed by atoms with E-state index in [1.807, 2.05) is 6.08 Å². The van der Waals surface area contributed by atoms with E-state index in [1.54, 1.807) is 0 Å². The van der Waals surface area contributed by atoms with E-state index in [1.165, 1.54) is 26.4 Å². The molecule has 94 valence electrons. The van der Waals surface area contributed by atoms with Gasteiger partial charge in [-0.3, -0.25) is 0 Å². The van der Waals surface area contributed by atoms with Crippen molar-refractivity contribution in [2.75, 3.05) is 14.2 Å². The minimum absolute atomic E-state index is 0.0957. The van der Waals surface area contributed by atoms with Gasteiger partial charge in [-0.15, -0.1) is 6.58 Å². The topological polar surface area (TPSA) is 64.7 Å². The van der Waals surface area contributed by atoms with Crippen LogP contribution in [0.2, 0.25) is 0 Å². The highest BCUT2D eigenvalue weighted by molar-refractivity contribution is 5.51. The molecule has 0 aliphatic carbocycles. The van der Waals surface area contributed by atoms with Gasteiger partial charge in [0.1, 0.15) is 17.2 Å².